The third-order valence-corrected chi connectivity index (χ3v) is 2.80. The van der Waals surface area contributed by atoms with E-state index >= 15 is 0 Å². The Bertz CT molecular complexity index is 339. The number of hydrogen-bond acceptors (Lipinski definition) is 1. The molecule has 0 saturated carbocycles. The van der Waals surface area contributed by atoms with Gasteiger partial charge in [-0.25, -0.2) is 0 Å². The molecule has 0 saturated heterocycles. The van der Waals surface area contributed by atoms with Crippen LogP contribution in [0.3, 0.4) is 0 Å². The van der Waals surface area contributed by atoms with Gasteiger partial charge in [0.25, 0.3) is 0 Å². The lowest BCUT2D eigenvalue weighted by atomic mass is 9.93. The molecule has 76 valence electrons. The van der Waals surface area contributed by atoms with E-state index < -0.39 is 0 Å². The van der Waals surface area contributed by atoms with Crippen molar-refractivity contribution in [2.45, 2.75) is 39.5 Å². The molecule has 0 radical (unpaired) electrons. The molecule has 1 heteroatoms. The second-order valence-electron chi connectivity index (χ2n) is 4.45. The summed E-state index contributed by atoms with van der Waals surface area (Å²) in [5.74, 6) is 1.72. The van der Waals surface area contributed by atoms with E-state index in [0.717, 1.165) is 18.8 Å². The van der Waals surface area contributed by atoms with Crippen LogP contribution in [0, 0.1) is 6.92 Å². The van der Waals surface area contributed by atoms with Gasteiger partial charge < -0.3 is 4.74 Å². The summed E-state index contributed by atoms with van der Waals surface area (Å²) in [6.45, 7) is 7.51. The Labute approximate surface area is 86.1 Å². The first-order valence-corrected chi connectivity index (χ1v) is 5.44. The van der Waals surface area contributed by atoms with E-state index in [1.54, 1.807) is 0 Å². The molecule has 1 aromatic rings. The SMILES string of the molecule is Cc1cc2c(c(C(C)C)c1)OCCC2. The van der Waals surface area contributed by atoms with Crippen molar-refractivity contribution in [1.82, 2.24) is 0 Å². The van der Waals surface area contributed by atoms with Gasteiger partial charge in [0.1, 0.15) is 5.75 Å². The average molecular weight is 190 g/mol. The second-order valence-corrected chi connectivity index (χ2v) is 4.45. The molecule has 1 aromatic carbocycles. The summed E-state index contributed by atoms with van der Waals surface area (Å²) in [7, 11) is 0. The van der Waals surface area contributed by atoms with E-state index in [2.05, 4.69) is 32.9 Å². The van der Waals surface area contributed by atoms with Gasteiger partial charge in [0.15, 0.2) is 0 Å². The van der Waals surface area contributed by atoms with Crippen molar-refractivity contribution in [3.63, 3.8) is 0 Å². The highest BCUT2D eigenvalue weighted by Crippen LogP contribution is 2.34. The van der Waals surface area contributed by atoms with Crippen molar-refractivity contribution in [2.24, 2.45) is 0 Å². The molecule has 1 heterocycles. The molecule has 0 unspecified atom stereocenters. The minimum absolute atomic E-state index is 0.557. The monoisotopic (exact) mass is 190 g/mol. The number of rotatable bonds is 1. The third kappa shape index (κ3) is 1.63. The molecule has 0 fully saturated rings. The van der Waals surface area contributed by atoms with E-state index in [1.165, 1.54) is 23.1 Å². The molecule has 0 aromatic heterocycles. The fraction of sp³-hybridized carbons (Fsp3) is 0.538. The highest BCUT2D eigenvalue weighted by atomic mass is 16.5. The Balaban J connectivity index is 2.52. The molecule has 1 nitrogen and oxygen atoms in total. The summed E-state index contributed by atoms with van der Waals surface area (Å²) in [5, 5.41) is 0. The first kappa shape index (κ1) is 9.57. The molecule has 2 rings (SSSR count). The van der Waals surface area contributed by atoms with Crippen LogP contribution in [0.4, 0.5) is 0 Å². The lowest BCUT2D eigenvalue weighted by Gasteiger charge is -2.22. The zero-order chi connectivity index (χ0) is 10.1. The summed E-state index contributed by atoms with van der Waals surface area (Å²) in [4.78, 5) is 0. The Kier molecular flexibility index (Phi) is 2.49. The van der Waals surface area contributed by atoms with E-state index in [-0.39, 0.29) is 0 Å². The maximum Gasteiger partial charge on any atom is 0.125 e. The van der Waals surface area contributed by atoms with Crippen LogP contribution < -0.4 is 4.74 Å². The maximum absolute atomic E-state index is 5.77. The van der Waals surface area contributed by atoms with Crippen molar-refractivity contribution < 1.29 is 4.74 Å². The fourth-order valence-corrected chi connectivity index (χ4v) is 2.11. The third-order valence-electron chi connectivity index (χ3n) is 2.80. The largest absolute Gasteiger partial charge is 0.493 e. The highest BCUT2D eigenvalue weighted by molar-refractivity contribution is 5.47. The van der Waals surface area contributed by atoms with Gasteiger partial charge in [-0.2, -0.15) is 0 Å². The lowest BCUT2D eigenvalue weighted by molar-refractivity contribution is 0.284. The van der Waals surface area contributed by atoms with Crippen LogP contribution >= 0.6 is 0 Å². The first-order chi connectivity index (χ1) is 6.68. The predicted molar refractivity (Wildman–Crippen MR) is 59.1 cm³/mol. The molecular weight excluding hydrogens is 172 g/mol. The van der Waals surface area contributed by atoms with Gasteiger partial charge in [0.05, 0.1) is 6.61 Å². The Morgan fingerprint density at radius 3 is 2.79 bits per heavy atom. The van der Waals surface area contributed by atoms with Gasteiger partial charge in [-0.3, -0.25) is 0 Å². The van der Waals surface area contributed by atoms with Crippen molar-refractivity contribution in [3.8, 4) is 5.75 Å². The number of fused-ring (bicyclic) bond motifs is 1. The van der Waals surface area contributed by atoms with Gasteiger partial charge in [-0.05, 0) is 36.8 Å². The van der Waals surface area contributed by atoms with Crippen molar-refractivity contribution in [2.75, 3.05) is 6.61 Å². The van der Waals surface area contributed by atoms with E-state index in [4.69, 9.17) is 4.74 Å². The Morgan fingerprint density at radius 1 is 1.29 bits per heavy atom. The number of benzene rings is 1. The Morgan fingerprint density at radius 2 is 2.07 bits per heavy atom. The molecular formula is C13H18O. The molecule has 0 aliphatic carbocycles. The van der Waals surface area contributed by atoms with Crippen LogP contribution in [0.1, 0.15) is 42.9 Å². The molecule has 1 aliphatic rings. The Hall–Kier alpha value is -0.980. The van der Waals surface area contributed by atoms with Crippen LogP contribution in [0.15, 0.2) is 12.1 Å². The van der Waals surface area contributed by atoms with Crippen molar-refractivity contribution in [3.05, 3.63) is 28.8 Å². The number of aryl methyl sites for hydroxylation is 2. The topological polar surface area (TPSA) is 9.23 Å². The first-order valence-electron chi connectivity index (χ1n) is 5.44. The van der Waals surface area contributed by atoms with E-state index in [0.29, 0.717) is 5.92 Å². The predicted octanol–water partition coefficient (Wildman–Crippen LogP) is 3.44. The molecule has 0 N–H and O–H groups in total. The van der Waals surface area contributed by atoms with Gasteiger partial charge >= 0.3 is 0 Å². The highest BCUT2D eigenvalue weighted by Gasteiger charge is 2.16. The van der Waals surface area contributed by atoms with E-state index in [9.17, 15) is 0 Å². The molecule has 0 bridgehead atoms. The maximum atomic E-state index is 5.77. The van der Waals surface area contributed by atoms with Gasteiger partial charge in [-0.1, -0.05) is 31.5 Å². The number of ether oxygens (including phenoxy) is 1. The smallest absolute Gasteiger partial charge is 0.125 e. The van der Waals surface area contributed by atoms with Crippen LogP contribution in [0.25, 0.3) is 0 Å². The standard InChI is InChI=1S/C13H18O/c1-9(2)12-8-10(3)7-11-5-4-6-14-13(11)12/h7-9H,4-6H2,1-3H3. The van der Waals surface area contributed by atoms with Gasteiger partial charge in [-0.15, -0.1) is 0 Å². The molecule has 0 spiro atoms. The summed E-state index contributed by atoms with van der Waals surface area (Å²) < 4.78 is 5.77. The zero-order valence-corrected chi connectivity index (χ0v) is 9.26. The zero-order valence-electron chi connectivity index (χ0n) is 9.26. The van der Waals surface area contributed by atoms with E-state index in [1.807, 2.05) is 0 Å². The van der Waals surface area contributed by atoms with Gasteiger partial charge in [0.2, 0.25) is 0 Å². The quantitative estimate of drug-likeness (QED) is 0.659. The minimum atomic E-state index is 0.557. The normalized spacial score (nSPS) is 15.1. The summed E-state index contributed by atoms with van der Waals surface area (Å²) in [6.07, 6.45) is 2.34. The summed E-state index contributed by atoms with van der Waals surface area (Å²) >= 11 is 0. The van der Waals surface area contributed by atoms with Crippen LogP contribution in [-0.4, -0.2) is 6.61 Å². The molecule has 1 aliphatic heterocycles. The minimum Gasteiger partial charge on any atom is -0.493 e. The second kappa shape index (κ2) is 3.64. The average Bonchev–Trinajstić information content (AvgIpc) is 2.16. The lowest BCUT2D eigenvalue weighted by Crippen LogP contribution is -2.11. The summed E-state index contributed by atoms with van der Waals surface area (Å²) in [5.41, 5.74) is 4.14. The summed E-state index contributed by atoms with van der Waals surface area (Å²) in [6, 6.07) is 4.52. The van der Waals surface area contributed by atoms with Gasteiger partial charge in [0, 0.05) is 0 Å². The van der Waals surface area contributed by atoms with Crippen LogP contribution in [-0.2, 0) is 6.42 Å². The van der Waals surface area contributed by atoms with Crippen LogP contribution in [0.2, 0.25) is 0 Å². The molecule has 0 atom stereocenters. The molecule has 14 heavy (non-hydrogen) atoms. The van der Waals surface area contributed by atoms with Crippen molar-refractivity contribution in [1.29, 1.82) is 0 Å². The fourth-order valence-electron chi connectivity index (χ4n) is 2.11. The van der Waals surface area contributed by atoms with Crippen LogP contribution in [0.5, 0.6) is 5.75 Å². The number of hydrogen-bond donors (Lipinski definition) is 0. The molecule has 0 amide bonds. The van der Waals surface area contributed by atoms with Crippen molar-refractivity contribution >= 4 is 0 Å².